The van der Waals surface area contributed by atoms with E-state index >= 15 is 0 Å². The number of rotatable bonds is 2. The van der Waals surface area contributed by atoms with Crippen LogP contribution in [0, 0.1) is 0 Å². The Morgan fingerprint density at radius 3 is 2.08 bits per heavy atom. The van der Waals surface area contributed by atoms with Crippen LogP contribution in [-0.2, 0) is 9.78 Å². The maximum Gasteiger partial charge on any atom is 0.154 e. The van der Waals surface area contributed by atoms with E-state index in [0.717, 1.165) is 12.8 Å². The van der Waals surface area contributed by atoms with E-state index in [4.69, 9.17) is 9.78 Å². The van der Waals surface area contributed by atoms with Crippen molar-refractivity contribution in [2.75, 3.05) is 0 Å². The lowest BCUT2D eigenvalue weighted by Gasteiger charge is -2.32. The van der Waals surface area contributed by atoms with Crippen LogP contribution in [-0.4, -0.2) is 9.21 Å². The zero-order valence-corrected chi connectivity index (χ0v) is 10.9. The predicted molar refractivity (Wildman–Crippen MR) is 61.8 cm³/mol. The molecule has 3 heteroatoms. The van der Waals surface area contributed by atoms with Crippen LogP contribution in [0.25, 0.3) is 0 Å². The molecule has 0 aliphatic heterocycles. The summed E-state index contributed by atoms with van der Waals surface area (Å²) in [5, 5.41) is 0. The molecule has 1 saturated carbocycles. The van der Waals surface area contributed by atoms with Crippen molar-refractivity contribution in [1.29, 1.82) is 0 Å². The zero-order valence-electron chi connectivity index (χ0n) is 8.73. The van der Waals surface area contributed by atoms with Gasteiger partial charge < -0.3 is 0 Å². The summed E-state index contributed by atoms with van der Waals surface area (Å²) in [6, 6.07) is 0. The molecule has 0 aromatic carbocycles. The summed E-state index contributed by atoms with van der Waals surface area (Å²) in [4.78, 5) is 10.9. The normalized spacial score (nSPS) is 23.1. The van der Waals surface area contributed by atoms with Gasteiger partial charge in [-0.05, 0) is 69.0 Å². The van der Waals surface area contributed by atoms with E-state index < -0.39 is 0 Å². The fourth-order valence-electron chi connectivity index (χ4n) is 1.36. The summed E-state index contributed by atoms with van der Waals surface area (Å²) in [7, 11) is 0. The molecule has 0 bridgehead atoms. The predicted octanol–water partition coefficient (Wildman–Crippen LogP) is 3.83. The average molecular weight is 298 g/mol. The van der Waals surface area contributed by atoms with Gasteiger partial charge in [0.05, 0.1) is 5.60 Å². The largest absolute Gasteiger partial charge is 0.230 e. The Kier molecular flexibility index (Phi) is 4.01. The van der Waals surface area contributed by atoms with Gasteiger partial charge in [0.15, 0.2) is 3.61 Å². The third-order valence-corrected chi connectivity index (χ3v) is 3.30. The van der Waals surface area contributed by atoms with Gasteiger partial charge in [-0.25, -0.2) is 9.78 Å². The smallest absolute Gasteiger partial charge is 0.154 e. The first-order valence-corrected chi connectivity index (χ1v) is 6.05. The summed E-state index contributed by atoms with van der Waals surface area (Å²) in [5.74, 6) is 0. The van der Waals surface area contributed by atoms with Crippen molar-refractivity contribution in [3.05, 3.63) is 0 Å². The third kappa shape index (κ3) is 4.61. The molecular weight excluding hydrogens is 279 g/mol. The van der Waals surface area contributed by atoms with Gasteiger partial charge in [-0.3, -0.25) is 0 Å². The number of hydrogen-bond donors (Lipinski definition) is 0. The second-order valence-corrected chi connectivity index (χ2v) is 6.69. The Morgan fingerprint density at radius 1 is 1.08 bits per heavy atom. The van der Waals surface area contributed by atoms with Crippen LogP contribution in [0.4, 0.5) is 0 Å². The molecule has 0 saturated heterocycles. The van der Waals surface area contributed by atoms with Crippen LogP contribution in [0.15, 0.2) is 0 Å². The van der Waals surface area contributed by atoms with Crippen molar-refractivity contribution >= 4 is 22.6 Å². The van der Waals surface area contributed by atoms with Crippen LogP contribution < -0.4 is 0 Å². The van der Waals surface area contributed by atoms with E-state index in [-0.39, 0.29) is 9.21 Å². The second-order valence-electron chi connectivity index (χ2n) is 4.72. The maximum absolute atomic E-state index is 5.52. The summed E-state index contributed by atoms with van der Waals surface area (Å²) in [5.41, 5.74) is -0.199. The Bertz CT molecular complexity index is 157. The maximum atomic E-state index is 5.52. The Balaban J connectivity index is 2.33. The van der Waals surface area contributed by atoms with Crippen molar-refractivity contribution in [3.8, 4) is 0 Å². The summed E-state index contributed by atoms with van der Waals surface area (Å²) in [6.45, 7) is 6.03. The monoisotopic (exact) mass is 298 g/mol. The molecule has 0 radical (unpaired) electrons. The van der Waals surface area contributed by atoms with Crippen molar-refractivity contribution in [3.63, 3.8) is 0 Å². The highest BCUT2D eigenvalue weighted by molar-refractivity contribution is 14.1. The van der Waals surface area contributed by atoms with Crippen LogP contribution in [0.5, 0.6) is 0 Å². The second kappa shape index (κ2) is 4.45. The Morgan fingerprint density at radius 2 is 1.62 bits per heavy atom. The number of halogens is 1. The van der Waals surface area contributed by atoms with E-state index in [1.807, 2.05) is 20.8 Å². The SMILES string of the molecule is CC(C)(C)OOC1(I)CCCCC1. The van der Waals surface area contributed by atoms with E-state index in [2.05, 4.69) is 22.6 Å². The van der Waals surface area contributed by atoms with Gasteiger partial charge in [-0.2, -0.15) is 0 Å². The fourth-order valence-corrected chi connectivity index (χ4v) is 2.22. The topological polar surface area (TPSA) is 18.5 Å². The molecule has 0 amide bonds. The molecular formula is C10H19IO2. The van der Waals surface area contributed by atoms with E-state index in [1.165, 1.54) is 19.3 Å². The molecule has 1 aliphatic carbocycles. The highest BCUT2D eigenvalue weighted by Gasteiger charge is 2.32. The molecule has 2 nitrogen and oxygen atoms in total. The van der Waals surface area contributed by atoms with Gasteiger partial charge in [0.1, 0.15) is 0 Å². The molecule has 1 rings (SSSR count). The minimum absolute atomic E-state index is 0.0662. The minimum atomic E-state index is -0.199. The average Bonchev–Trinajstić information content (AvgIpc) is 2.02. The third-order valence-electron chi connectivity index (χ3n) is 2.04. The first-order valence-electron chi connectivity index (χ1n) is 4.97. The minimum Gasteiger partial charge on any atom is -0.230 e. The first kappa shape index (κ1) is 11.7. The standard InChI is InChI=1S/C10H19IO2/c1-9(2,3)12-13-10(11)7-5-4-6-8-10/h4-8H2,1-3H3. The summed E-state index contributed by atoms with van der Waals surface area (Å²) >= 11 is 2.38. The molecule has 0 N–H and O–H groups in total. The lowest BCUT2D eigenvalue weighted by Crippen LogP contribution is -2.32. The molecule has 13 heavy (non-hydrogen) atoms. The molecule has 0 heterocycles. The summed E-state index contributed by atoms with van der Waals surface area (Å²) in [6.07, 6.45) is 6.09. The molecule has 1 fully saturated rings. The van der Waals surface area contributed by atoms with Crippen LogP contribution >= 0.6 is 22.6 Å². The molecule has 0 atom stereocenters. The lowest BCUT2D eigenvalue weighted by atomic mass is 9.98. The van der Waals surface area contributed by atoms with Crippen LogP contribution in [0.3, 0.4) is 0 Å². The van der Waals surface area contributed by atoms with Gasteiger partial charge in [0.25, 0.3) is 0 Å². The Labute approximate surface area is 94.4 Å². The highest BCUT2D eigenvalue weighted by Crippen LogP contribution is 2.38. The highest BCUT2D eigenvalue weighted by atomic mass is 127. The molecule has 0 aromatic heterocycles. The van der Waals surface area contributed by atoms with E-state index in [9.17, 15) is 0 Å². The van der Waals surface area contributed by atoms with Crippen molar-refractivity contribution < 1.29 is 9.78 Å². The van der Waals surface area contributed by atoms with E-state index in [0.29, 0.717) is 0 Å². The molecule has 0 spiro atoms. The van der Waals surface area contributed by atoms with Gasteiger partial charge in [-0.15, -0.1) is 0 Å². The van der Waals surface area contributed by atoms with Crippen molar-refractivity contribution in [2.24, 2.45) is 0 Å². The number of alkyl halides is 1. The van der Waals surface area contributed by atoms with Crippen molar-refractivity contribution in [1.82, 2.24) is 0 Å². The van der Waals surface area contributed by atoms with Gasteiger partial charge >= 0.3 is 0 Å². The molecule has 0 unspecified atom stereocenters. The summed E-state index contributed by atoms with van der Waals surface area (Å²) < 4.78 is -0.0662. The Hall–Kier alpha value is 0.650. The molecule has 78 valence electrons. The molecule has 0 aromatic rings. The van der Waals surface area contributed by atoms with E-state index in [1.54, 1.807) is 0 Å². The molecule has 1 aliphatic rings. The van der Waals surface area contributed by atoms with Gasteiger partial charge in [-0.1, -0.05) is 6.42 Å². The lowest BCUT2D eigenvalue weighted by molar-refractivity contribution is -0.381. The quantitative estimate of drug-likeness (QED) is 0.334. The van der Waals surface area contributed by atoms with Gasteiger partial charge in [0, 0.05) is 0 Å². The van der Waals surface area contributed by atoms with Crippen LogP contribution in [0.2, 0.25) is 0 Å². The van der Waals surface area contributed by atoms with Crippen LogP contribution in [0.1, 0.15) is 52.9 Å². The first-order chi connectivity index (χ1) is 5.91. The van der Waals surface area contributed by atoms with Crippen molar-refractivity contribution in [2.45, 2.75) is 62.1 Å². The number of hydrogen-bond acceptors (Lipinski definition) is 2. The van der Waals surface area contributed by atoms with Gasteiger partial charge in [0.2, 0.25) is 0 Å². The fraction of sp³-hybridized carbons (Fsp3) is 1.00. The zero-order chi connectivity index (χ0) is 9.95.